The molecule has 0 fully saturated rings. The van der Waals surface area contributed by atoms with E-state index in [-0.39, 0.29) is 0 Å². The second-order valence-corrected chi connectivity index (χ2v) is 5.86. The van der Waals surface area contributed by atoms with Gasteiger partial charge in [-0.15, -0.1) is 0 Å². The topological polar surface area (TPSA) is 38.7 Å². The van der Waals surface area contributed by atoms with Gasteiger partial charge in [0.15, 0.2) is 0 Å². The zero-order chi connectivity index (χ0) is 17.1. The summed E-state index contributed by atoms with van der Waals surface area (Å²) in [7, 11) is 0. The minimum Gasteiger partial charge on any atom is -0.265 e. The molecule has 0 saturated heterocycles. The van der Waals surface area contributed by atoms with Crippen LogP contribution in [0.2, 0.25) is 0 Å². The molecule has 0 amide bonds. The third kappa shape index (κ3) is 3.31. The van der Waals surface area contributed by atoms with Crippen molar-refractivity contribution < 1.29 is 0 Å². The van der Waals surface area contributed by atoms with E-state index in [0.717, 1.165) is 33.9 Å². The van der Waals surface area contributed by atoms with Crippen molar-refractivity contribution in [3.8, 4) is 33.6 Å². The molecule has 2 aromatic carbocycles. The summed E-state index contributed by atoms with van der Waals surface area (Å²) in [4.78, 5) is 13.3. The Kier molecular flexibility index (Phi) is 4.05. The van der Waals surface area contributed by atoms with Gasteiger partial charge in [-0.25, -0.2) is 9.97 Å². The van der Waals surface area contributed by atoms with Crippen molar-refractivity contribution in [3.63, 3.8) is 0 Å². The molecule has 120 valence electrons. The van der Waals surface area contributed by atoms with E-state index in [1.165, 1.54) is 5.56 Å². The highest BCUT2D eigenvalue weighted by molar-refractivity contribution is 5.71. The number of nitrogens with zero attached hydrogens (tertiary/aromatic N) is 3. The summed E-state index contributed by atoms with van der Waals surface area (Å²) in [5.41, 5.74) is 6.39. The van der Waals surface area contributed by atoms with Gasteiger partial charge in [0, 0.05) is 23.5 Å². The fraction of sp³-hybridized carbons (Fsp3) is 0.0455. The van der Waals surface area contributed by atoms with E-state index in [4.69, 9.17) is 0 Å². The lowest BCUT2D eigenvalue weighted by atomic mass is 10.0. The zero-order valence-corrected chi connectivity index (χ0v) is 13.9. The minimum absolute atomic E-state index is 0.773. The molecule has 3 nitrogen and oxygen atoms in total. The Morgan fingerprint density at radius 3 is 1.72 bits per heavy atom. The van der Waals surface area contributed by atoms with Crippen LogP contribution in [0.3, 0.4) is 0 Å². The van der Waals surface area contributed by atoms with E-state index in [1.54, 1.807) is 0 Å². The van der Waals surface area contributed by atoms with Crippen LogP contribution in [0.4, 0.5) is 0 Å². The summed E-state index contributed by atoms with van der Waals surface area (Å²) in [5, 5.41) is 0. The van der Waals surface area contributed by atoms with Gasteiger partial charge in [0.1, 0.15) is 5.82 Å². The second-order valence-electron chi connectivity index (χ2n) is 5.86. The molecule has 2 aromatic heterocycles. The van der Waals surface area contributed by atoms with Gasteiger partial charge in [-0.1, -0.05) is 54.6 Å². The maximum absolute atomic E-state index is 4.61. The maximum atomic E-state index is 4.61. The van der Waals surface area contributed by atoms with Crippen LogP contribution in [-0.4, -0.2) is 15.0 Å². The number of hydrogen-bond donors (Lipinski definition) is 0. The molecule has 4 rings (SSSR count). The molecule has 25 heavy (non-hydrogen) atoms. The number of pyridine rings is 1. The predicted molar refractivity (Wildman–Crippen MR) is 101 cm³/mol. The Balaban J connectivity index is 1.71. The van der Waals surface area contributed by atoms with Gasteiger partial charge in [0.2, 0.25) is 0 Å². The molecule has 4 aromatic rings. The monoisotopic (exact) mass is 323 g/mol. The second kappa shape index (κ2) is 6.65. The summed E-state index contributed by atoms with van der Waals surface area (Å²) in [6.07, 6.45) is 3.62. The number of hydrogen-bond acceptors (Lipinski definition) is 3. The molecule has 2 heterocycles. The van der Waals surface area contributed by atoms with Crippen molar-refractivity contribution >= 4 is 0 Å². The third-order valence-corrected chi connectivity index (χ3v) is 4.10. The molecule has 0 radical (unpaired) electrons. The molecule has 3 heteroatoms. The van der Waals surface area contributed by atoms with Gasteiger partial charge in [-0.05, 0) is 36.2 Å². The number of rotatable bonds is 3. The highest BCUT2D eigenvalue weighted by Gasteiger charge is 2.07. The van der Waals surface area contributed by atoms with Crippen LogP contribution in [0.5, 0.6) is 0 Å². The average molecular weight is 323 g/mol. The van der Waals surface area contributed by atoms with Crippen LogP contribution in [-0.2, 0) is 0 Å². The molecule has 0 N–H and O–H groups in total. The molecule has 0 aliphatic heterocycles. The molecule has 0 aliphatic carbocycles. The molecule has 0 saturated carbocycles. The van der Waals surface area contributed by atoms with Gasteiger partial charge in [0.05, 0.1) is 11.4 Å². The number of aryl methyl sites for hydroxylation is 1. The van der Waals surface area contributed by atoms with Crippen molar-refractivity contribution in [1.29, 1.82) is 0 Å². The SMILES string of the molecule is Cc1nc(-c2ccccc2)cc(-c2ccc(-c3ccncc3)cc2)n1. The van der Waals surface area contributed by atoms with Gasteiger partial charge >= 0.3 is 0 Å². The largest absolute Gasteiger partial charge is 0.265 e. The first kappa shape index (κ1) is 15.2. The Labute approximate surface area is 147 Å². The van der Waals surface area contributed by atoms with E-state index in [0.29, 0.717) is 0 Å². The molecule has 0 aliphatic rings. The van der Waals surface area contributed by atoms with Crippen LogP contribution in [0.15, 0.2) is 85.2 Å². The van der Waals surface area contributed by atoms with E-state index < -0.39 is 0 Å². The Morgan fingerprint density at radius 1 is 0.560 bits per heavy atom. The lowest BCUT2D eigenvalue weighted by Crippen LogP contribution is -1.94. The minimum atomic E-state index is 0.773. The smallest absolute Gasteiger partial charge is 0.126 e. The Bertz CT molecular complexity index is 979. The molecule has 0 spiro atoms. The van der Waals surface area contributed by atoms with Crippen molar-refractivity contribution in [2.75, 3.05) is 0 Å². The quantitative estimate of drug-likeness (QED) is 0.521. The third-order valence-electron chi connectivity index (χ3n) is 4.10. The number of benzene rings is 2. The highest BCUT2D eigenvalue weighted by Crippen LogP contribution is 2.26. The first-order chi connectivity index (χ1) is 12.3. The molecular weight excluding hydrogens is 306 g/mol. The Hall–Kier alpha value is -3.33. The summed E-state index contributed by atoms with van der Waals surface area (Å²) in [6.45, 7) is 1.93. The van der Waals surface area contributed by atoms with Crippen molar-refractivity contribution in [2.45, 2.75) is 6.92 Å². The molecule has 0 unspecified atom stereocenters. The van der Waals surface area contributed by atoms with Crippen molar-refractivity contribution in [2.24, 2.45) is 0 Å². The van der Waals surface area contributed by atoms with Crippen molar-refractivity contribution in [1.82, 2.24) is 15.0 Å². The van der Waals surface area contributed by atoms with Crippen molar-refractivity contribution in [3.05, 3.63) is 91.0 Å². The highest BCUT2D eigenvalue weighted by atomic mass is 14.9. The Morgan fingerprint density at radius 2 is 1.08 bits per heavy atom. The van der Waals surface area contributed by atoms with Gasteiger partial charge in [-0.3, -0.25) is 4.98 Å². The fourth-order valence-electron chi connectivity index (χ4n) is 2.85. The zero-order valence-electron chi connectivity index (χ0n) is 13.9. The first-order valence-corrected chi connectivity index (χ1v) is 8.21. The predicted octanol–water partition coefficient (Wildman–Crippen LogP) is 5.18. The standard InChI is InChI=1S/C22H17N3/c1-16-24-21(19-5-3-2-4-6-19)15-22(25-16)20-9-7-17(8-10-20)18-11-13-23-14-12-18/h2-15H,1H3. The van der Waals surface area contributed by atoms with Gasteiger partial charge < -0.3 is 0 Å². The van der Waals surface area contributed by atoms with Gasteiger partial charge in [-0.2, -0.15) is 0 Å². The van der Waals surface area contributed by atoms with E-state index in [2.05, 4.69) is 51.4 Å². The van der Waals surface area contributed by atoms with Crippen LogP contribution < -0.4 is 0 Å². The molecule has 0 atom stereocenters. The van der Waals surface area contributed by atoms with Gasteiger partial charge in [0.25, 0.3) is 0 Å². The van der Waals surface area contributed by atoms with Crippen LogP contribution in [0, 0.1) is 6.92 Å². The average Bonchev–Trinajstić information content (AvgIpc) is 2.69. The summed E-state index contributed by atoms with van der Waals surface area (Å²) in [5.74, 6) is 0.773. The van der Waals surface area contributed by atoms with E-state index in [9.17, 15) is 0 Å². The summed E-state index contributed by atoms with van der Waals surface area (Å²) in [6, 6.07) is 24.7. The van der Waals surface area contributed by atoms with Crippen LogP contribution >= 0.6 is 0 Å². The number of aromatic nitrogens is 3. The molecular formula is C22H17N3. The van der Waals surface area contributed by atoms with Crippen LogP contribution in [0.25, 0.3) is 33.6 Å². The normalized spacial score (nSPS) is 10.6. The lowest BCUT2D eigenvalue weighted by molar-refractivity contribution is 1.06. The molecule has 0 bridgehead atoms. The fourth-order valence-corrected chi connectivity index (χ4v) is 2.85. The maximum Gasteiger partial charge on any atom is 0.126 e. The lowest BCUT2D eigenvalue weighted by Gasteiger charge is -2.08. The first-order valence-electron chi connectivity index (χ1n) is 8.21. The van der Waals surface area contributed by atoms with E-state index in [1.807, 2.05) is 55.7 Å². The summed E-state index contributed by atoms with van der Waals surface area (Å²) < 4.78 is 0. The summed E-state index contributed by atoms with van der Waals surface area (Å²) >= 11 is 0. The van der Waals surface area contributed by atoms with Crippen LogP contribution in [0.1, 0.15) is 5.82 Å². The van der Waals surface area contributed by atoms with E-state index >= 15 is 0 Å².